The molecule has 2 fully saturated rings. The van der Waals surface area contributed by atoms with Crippen molar-refractivity contribution in [3.8, 4) is 0 Å². The Labute approximate surface area is 96.9 Å². The molecule has 1 amide bonds. The fraction of sp³-hybridized carbons (Fsp3) is 0.917. The third-order valence-electron chi connectivity index (χ3n) is 3.97. The molecule has 0 saturated heterocycles. The Kier molecular flexibility index (Phi) is 3.82. The number of methoxy groups -OCH3 is 1. The molecular weight excluding hydrogens is 204 g/mol. The van der Waals surface area contributed by atoms with Crippen LogP contribution in [0, 0.1) is 5.92 Å². The predicted octanol–water partition coefficient (Wildman–Crippen LogP) is 0.797. The van der Waals surface area contributed by atoms with Crippen LogP contribution in [0.5, 0.6) is 0 Å². The van der Waals surface area contributed by atoms with Gasteiger partial charge in [-0.25, -0.2) is 0 Å². The van der Waals surface area contributed by atoms with E-state index in [1.807, 2.05) is 0 Å². The number of carbonyl (C=O) groups excluding carboxylic acids is 1. The minimum atomic E-state index is 0.0431. The molecular formula is C12H22N2O2. The van der Waals surface area contributed by atoms with Gasteiger partial charge in [-0.1, -0.05) is 6.42 Å². The van der Waals surface area contributed by atoms with Crippen molar-refractivity contribution in [3.63, 3.8) is 0 Å². The highest BCUT2D eigenvalue weighted by Crippen LogP contribution is 2.26. The van der Waals surface area contributed by atoms with E-state index in [2.05, 4.69) is 5.32 Å². The Morgan fingerprint density at radius 3 is 2.69 bits per heavy atom. The van der Waals surface area contributed by atoms with E-state index in [0.717, 1.165) is 38.5 Å². The van der Waals surface area contributed by atoms with Gasteiger partial charge in [-0.3, -0.25) is 4.79 Å². The summed E-state index contributed by atoms with van der Waals surface area (Å²) in [7, 11) is 1.74. The lowest BCUT2D eigenvalue weighted by Gasteiger charge is -2.19. The smallest absolute Gasteiger partial charge is 0.224 e. The standard InChI is InChI=1S/C12H22N2O2/c1-16-9-6-5-8(7-9)14-12(15)10-3-2-4-11(10)13/h8-11H,2-7,13H2,1H3,(H,14,15). The first-order valence-corrected chi connectivity index (χ1v) is 6.29. The third-order valence-corrected chi connectivity index (χ3v) is 3.97. The van der Waals surface area contributed by atoms with E-state index in [-0.39, 0.29) is 17.9 Å². The van der Waals surface area contributed by atoms with Crippen LogP contribution in [0.15, 0.2) is 0 Å². The monoisotopic (exact) mass is 226 g/mol. The van der Waals surface area contributed by atoms with Gasteiger partial charge >= 0.3 is 0 Å². The molecule has 2 aliphatic carbocycles. The molecule has 0 bridgehead atoms. The van der Waals surface area contributed by atoms with E-state index in [9.17, 15) is 4.79 Å². The van der Waals surface area contributed by atoms with Crippen molar-refractivity contribution in [2.24, 2.45) is 11.7 Å². The second kappa shape index (κ2) is 5.15. The highest BCUT2D eigenvalue weighted by Gasteiger charge is 2.33. The summed E-state index contributed by atoms with van der Waals surface area (Å²) >= 11 is 0. The number of nitrogens with one attached hydrogen (secondary N) is 1. The summed E-state index contributed by atoms with van der Waals surface area (Å²) in [6.45, 7) is 0. The SMILES string of the molecule is COC1CCC(NC(=O)C2CCCC2N)C1. The Morgan fingerprint density at radius 2 is 2.12 bits per heavy atom. The molecule has 0 aliphatic heterocycles. The average molecular weight is 226 g/mol. The van der Waals surface area contributed by atoms with Crippen LogP contribution in [0.4, 0.5) is 0 Å². The maximum Gasteiger partial charge on any atom is 0.224 e. The van der Waals surface area contributed by atoms with Gasteiger partial charge in [-0.05, 0) is 32.1 Å². The second-order valence-electron chi connectivity index (χ2n) is 5.08. The van der Waals surface area contributed by atoms with E-state index in [0.29, 0.717) is 12.1 Å². The summed E-state index contributed by atoms with van der Waals surface area (Å²) in [5.41, 5.74) is 5.92. The quantitative estimate of drug-likeness (QED) is 0.748. The first kappa shape index (κ1) is 11.9. The summed E-state index contributed by atoms with van der Waals surface area (Å²) in [5, 5.41) is 3.12. The topological polar surface area (TPSA) is 64.3 Å². The van der Waals surface area contributed by atoms with Gasteiger partial charge in [-0.2, -0.15) is 0 Å². The number of amides is 1. The molecule has 3 N–H and O–H groups in total. The Bertz CT molecular complexity index is 257. The van der Waals surface area contributed by atoms with E-state index in [1.54, 1.807) is 7.11 Å². The number of hydrogen-bond donors (Lipinski definition) is 2. The normalized spacial score (nSPS) is 38.9. The maximum atomic E-state index is 12.0. The van der Waals surface area contributed by atoms with Crippen LogP contribution in [0.25, 0.3) is 0 Å². The number of nitrogens with two attached hydrogens (primary N) is 1. The third kappa shape index (κ3) is 2.55. The highest BCUT2D eigenvalue weighted by molar-refractivity contribution is 5.80. The molecule has 2 rings (SSSR count). The van der Waals surface area contributed by atoms with Crippen LogP contribution in [-0.4, -0.2) is 31.2 Å². The molecule has 0 aromatic heterocycles. The van der Waals surface area contributed by atoms with Gasteiger partial charge in [0, 0.05) is 19.2 Å². The largest absolute Gasteiger partial charge is 0.381 e. The van der Waals surface area contributed by atoms with E-state index in [1.165, 1.54) is 0 Å². The molecule has 16 heavy (non-hydrogen) atoms. The second-order valence-corrected chi connectivity index (χ2v) is 5.08. The van der Waals surface area contributed by atoms with Gasteiger partial charge in [0.25, 0.3) is 0 Å². The van der Waals surface area contributed by atoms with Gasteiger partial charge in [0.15, 0.2) is 0 Å². The van der Waals surface area contributed by atoms with Gasteiger partial charge in [-0.15, -0.1) is 0 Å². The minimum Gasteiger partial charge on any atom is -0.381 e. The number of rotatable bonds is 3. The van der Waals surface area contributed by atoms with Crippen molar-refractivity contribution in [1.29, 1.82) is 0 Å². The molecule has 4 nitrogen and oxygen atoms in total. The highest BCUT2D eigenvalue weighted by atomic mass is 16.5. The van der Waals surface area contributed by atoms with Gasteiger partial charge in [0.05, 0.1) is 12.0 Å². The van der Waals surface area contributed by atoms with Crippen molar-refractivity contribution in [2.45, 2.75) is 56.7 Å². The molecule has 4 heteroatoms. The van der Waals surface area contributed by atoms with Gasteiger partial charge in [0.1, 0.15) is 0 Å². The zero-order valence-electron chi connectivity index (χ0n) is 9.95. The molecule has 2 aliphatic rings. The van der Waals surface area contributed by atoms with E-state index in [4.69, 9.17) is 10.5 Å². The summed E-state index contributed by atoms with van der Waals surface area (Å²) in [5.74, 6) is 0.202. The fourth-order valence-electron chi connectivity index (χ4n) is 2.91. The molecule has 0 aromatic rings. The lowest BCUT2D eigenvalue weighted by Crippen LogP contribution is -2.42. The zero-order chi connectivity index (χ0) is 11.5. The molecule has 0 spiro atoms. The molecule has 0 heterocycles. The molecule has 4 atom stereocenters. The van der Waals surface area contributed by atoms with Crippen LogP contribution in [0.2, 0.25) is 0 Å². The molecule has 0 radical (unpaired) electrons. The Hall–Kier alpha value is -0.610. The first-order chi connectivity index (χ1) is 7.70. The minimum absolute atomic E-state index is 0.0431. The summed E-state index contributed by atoms with van der Waals surface area (Å²) in [4.78, 5) is 12.0. The zero-order valence-corrected chi connectivity index (χ0v) is 9.95. The van der Waals surface area contributed by atoms with Crippen molar-refractivity contribution in [3.05, 3.63) is 0 Å². The maximum absolute atomic E-state index is 12.0. The molecule has 0 aromatic carbocycles. The Morgan fingerprint density at radius 1 is 1.31 bits per heavy atom. The molecule has 4 unspecified atom stereocenters. The van der Waals surface area contributed by atoms with Gasteiger partial charge in [0.2, 0.25) is 5.91 Å². The number of ether oxygens (including phenoxy) is 1. The summed E-state index contributed by atoms with van der Waals surface area (Å²) < 4.78 is 5.29. The van der Waals surface area contributed by atoms with Gasteiger partial charge < -0.3 is 15.8 Å². The van der Waals surface area contributed by atoms with Crippen LogP contribution in [0.1, 0.15) is 38.5 Å². The number of carbonyl (C=O) groups is 1. The van der Waals surface area contributed by atoms with Crippen molar-refractivity contribution >= 4 is 5.91 Å². The average Bonchev–Trinajstić information content (AvgIpc) is 2.86. The Balaban J connectivity index is 1.79. The van der Waals surface area contributed by atoms with Crippen LogP contribution in [0.3, 0.4) is 0 Å². The van der Waals surface area contributed by atoms with Crippen LogP contribution >= 0.6 is 0 Å². The van der Waals surface area contributed by atoms with Crippen LogP contribution in [-0.2, 0) is 9.53 Å². The fourth-order valence-corrected chi connectivity index (χ4v) is 2.91. The lowest BCUT2D eigenvalue weighted by molar-refractivity contribution is -0.125. The summed E-state index contributed by atoms with van der Waals surface area (Å²) in [6.07, 6.45) is 6.39. The van der Waals surface area contributed by atoms with E-state index < -0.39 is 0 Å². The number of hydrogen-bond acceptors (Lipinski definition) is 3. The molecule has 2 saturated carbocycles. The molecule has 92 valence electrons. The lowest BCUT2D eigenvalue weighted by atomic mass is 10.0. The van der Waals surface area contributed by atoms with Crippen molar-refractivity contribution < 1.29 is 9.53 Å². The van der Waals surface area contributed by atoms with Crippen molar-refractivity contribution in [1.82, 2.24) is 5.32 Å². The first-order valence-electron chi connectivity index (χ1n) is 6.29. The predicted molar refractivity (Wildman–Crippen MR) is 61.9 cm³/mol. The van der Waals surface area contributed by atoms with E-state index >= 15 is 0 Å². The van der Waals surface area contributed by atoms with Crippen LogP contribution < -0.4 is 11.1 Å². The summed E-state index contributed by atoms with van der Waals surface area (Å²) in [6, 6.07) is 0.366. The van der Waals surface area contributed by atoms with Crippen molar-refractivity contribution in [2.75, 3.05) is 7.11 Å².